The lowest BCUT2D eigenvalue weighted by molar-refractivity contribution is -0.152. The molecule has 3 heteroatoms. The minimum atomic E-state index is -0.415. The molecular weight excluding hydrogens is 226 g/mol. The smallest absolute Gasteiger partial charge is 0.326 e. The number of hydrogen-bond donors (Lipinski definition) is 0. The Morgan fingerprint density at radius 1 is 1.39 bits per heavy atom. The molecule has 1 aromatic carbocycles. The minimum Gasteiger partial charge on any atom is -0.459 e. The quantitative estimate of drug-likeness (QED) is 0.752. The summed E-state index contributed by atoms with van der Waals surface area (Å²) in [4.78, 5) is 14.0. The number of carbonyl (C=O) groups is 1. The van der Waals surface area contributed by atoms with E-state index in [4.69, 9.17) is 4.74 Å². The van der Waals surface area contributed by atoms with E-state index in [9.17, 15) is 4.79 Å². The second-order valence-corrected chi connectivity index (χ2v) is 5.93. The Labute approximate surface area is 109 Å². The third kappa shape index (κ3) is 2.84. The highest BCUT2D eigenvalue weighted by Crippen LogP contribution is 2.35. The molecule has 0 N–H and O–H groups in total. The zero-order valence-electron chi connectivity index (χ0n) is 11.6. The highest BCUT2D eigenvalue weighted by molar-refractivity contribution is 5.78. The molecule has 0 radical (unpaired) electrons. The van der Waals surface area contributed by atoms with Gasteiger partial charge in [-0.15, -0.1) is 0 Å². The predicted molar refractivity (Wildman–Crippen MR) is 72.9 cm³/mol. The van der Waals surface area contributed by atoms with Crippen LogP contribution in [-0.4, -0.2) is 24.7 Å². The minimum absolute atomic E-state index is 0.161. The number of nitrogens with zero attached hydrogens (tertiary/aromatic N) is 1. The summed E-state index contributed by atoms with van der Waals surface area (Å²) in [5, 5.41) is 0. The highest BCUT2D eigenvalue weighted by Gasteiger charge is 2.27. The number of hydrogen-bond acceptors (Lipinski definition) is 3. The zero-order chi connectivity index (χ0) is 13.3. The summed E-state index contributed by atoms with van der Waals surface area (Å²) in [5.41, 5.74) is 2.07. The fourth-order valence-electron chi connectivity index (χ4n) is 2.40. The molecule has 1 atom stereocenters. The molecule has 0 aromatic heterocycles. The van der Waals surface area contributed by atoms with E-state index in [1.165, 1.54) is 5.56 Å². The molecule has 2 rings (SSSR count). The van der Waals surface area contributed by atoms with E-state index in [1.807, 2.05) is 32.9 Å². The van der Waals surface area contributed by atoms with Gasteiger partial charge in [0.2, 0.25) is 0 Å². The SMILES string of the molecule is CC1CN(CC(=O)OC(C)(C)C)c2ccccc21. The van der Waals surface area contributed by atoms with Crippen molar-refractivity contribution < 1.29 is 9.53 Å². The summed E-state index contributed by atoms with van der Waals surface area (Å²) < 4.78 is 5.37. The van der Waals surface area contributed by atoms with Gasteiger partial charge in [-0.3, -0.25) is 4.79 Å². The van der Waals surface area contributed by atoms with Gasteiger partial charge in [-0.2, -0.15) is 0 Å². The number of esters is 1. The van der Waals surface area contributed by atoms with E-state index >= 15 is 0 Å². The van der Waals surface area contributed by atoms with Gasteiger partial charge in [-0.25, -0.2) is 0 Å². The van der Waals surface area contributed by atoms with Crippen molar-refractivity contribution in [1.29, 1.82) is 0 Å². The molecule has 3 nitrogen and oxygen atoms in total. The first-order valence-corrected chi connectivity index (χ1v) is 6.42. The van der Waals surface area contributed by atoms with Gasteiger partial charge in [0.05, 0.1) is 0 Å². The Hall–Kier alpha value is -1.51. The van der Waals surface area contributed by atoms with E-state index in [0.717, 1.165) is 12.2 Å². The average molecular weight is 247 g/mol. The van der Waals surface area contributed by atoms with Crippen LogP contribution in [0.2, 0.25) is 0 Å². The maximum absolute atomic E-state index is 11.9. The van der Waals surface area contributed by atoms with Crippen LogP contribution in [0.4, 0.5) is 5.69 Å². The van der Waals surface area contributed by atoms with E-state index < -0.39 is 5.60 Å². The monoisotopic (exact) mass is 247 g/mol. The first-order valence-electron chi connectivity index (χ1n) is 6.42. The molecule has 0 aliphatic carbocycles. The predicted octanol–water partition coefficient (Wildman–Crippen LogP) is 2.95. The van der Waals surface area contributed by atoms with Gasteiger partial charge >= 0.3 is 5.97 Å². The normalized spacial score (nSPS) is 18.7. The fourth-order valence-corrected chi connectivity index (χ4v) is 2.40. The fraction of sp³-hybridized carbons (Fsp3) is 0.533. The van der Waals surface area contributed by atoms with Crippen LogP contribution in [0.5, 0.6) is 0 Å². The van der Waals surface area contributed by atoms with Gasteiger partial charge in [-0.1, -0.05) is 25.1 Å². The van der Waals surface area contributed by atoms with Crippen molar-refractivity contribution in [3.63, 3.8) is 0 Å². The van der Waals surface area contributed by atoms with Crippen molar-refractivity contribution in [2.75, 3.05) is 18.0 Å². The first-order chi connectivity index (χ1) is 8.37. The molecule has 0 saturated heterocycles. The van der Waals surface area contributed by atoms with E-state index in [2.05, 4.69) is 24.0 Å². The summed E-state index contributed by atoms with van der Waals surface area (Å²) in [6, 6.07) is 8.27. The van der Waals surface area contributed by atoms with Crippen LogP contribution < -0.4 is 4.90 Å². The van der Waals surface area contributed by atoms with Gasteiger partial charge in [0.25, 0.3) is 0 Å². The Morgan fingerprint density at radius 3 is 2.72 bits per heavy atom. The molecule has 0 saturated carbocycles. The standard InChI is InChI=1S/C15H21NO2/c1-11-9-16(10-14(17)18-15(2,3)4)13-8-6-5-7-12(11)13/h5-8,11H,9-10H2,1-4H3. The van der Waals surface area contributed by atoms with Crippen molar-refractivity contribution in [3.05, 3.63) is 29.8 Å². The molecule has 0 bridgehead atoms. The topological polar surface area (TPSA) is 29.5 Å². The van der Waals surface area contributed by atoms with Gasteiger partial charge in [0.1, 0.15) is 12.1 Å². The molecule has 0 amide bonds. The summed E-state index contributed by atoms with van der Waals surface area (Å²) in [5.74, 6) is 0.315. The second-order valence-electron chi connectivity index (χ2n) is 5.93. The van der Waals surface area contributed by atoms with Crippen LogP contribution in [0.1, 0.15) is 39.2 Å². The highest BCUT2D eigenvalue weighted by atomic mass is 16.6. The molecule has 1 unspecified atom stereocenters. The second kappa shape index (κ2) is 4.63. The Bertz CT molecular complexity index is 448. The maximum atomic E-state index is 11.9. The van der Waals surface area contributed by atoms with E-state index in [0.29, 0.717) is 12.5 Å². The number of fused-ring (bicyclic) bond motifs is 1. The molecule has 1 heterocycles. The molecule has 1 aliphatic rings. The molecule has 18 heavy (non-hydrogen) atoms. The van der Waals surface area contributed by atoms with Crippen molar-refractivity contribution in [1.82, 2.24) is 0 Å². The van der Waals surface area contributed by atoms with Crippen molar-refractivity contribution in [2.24, 2.45) is 0 Å². The number of benzene rings is 1. The summed E-state index contributed by atoms with van der Waals surface area (Å²) >= 11 is 0. The summed E-state index contributed by atoms with van der Waals surface area (Å²) in [6.07, 6.45) is 0. The number of ether oxygens (including phenoxy) is 1. The molecule has 0 spiro atoms. The van der Waals surface area contributed by atoms with Gasteiger partial charge in [-0.05, 0) is 32.4 Å². The molecule has 0 fully saturated rings. The van der Waals surface area contributed by atoms with Crippen LogP contribution in [0.3, 0.4) is 0 Å². The van der Waals surface area contributed by atoms with Crippen LogP contribution in [0, 0.1) is 0 Å². The lowest BCUT2D eigenvalue weighted by atomic mass is 10.0. The van der Waals surface area contributed by atoms with Gasteiger partial charge in [0.15, 0.2) is 0 Å². The number of anilines is 1. The Morgan fingerprint density at radius 2 is 2.06 bits per heavy atom. The van der Waals surface area contributed by atoms with Crippen LogP contribution >= 0.6 is 0 Å². The first kappa shape index (κ1) is 12.9. The van der Waals surface area contributed by atoms with Gasteiger partial charge in [0, 0.05) is 18.2 Å². The summed E-state index contributed by atoms with van der Waals surface area (Å²) in [7, 11) is 0. The van der Waals surface area contributed by atoms with Crippen LogP contribution in [0.25, 0.3) is 0 Å². The number of rotatable bonds is 2. The van der Waals surface area contributed by atoms with Gasteiger partial charge < -0.3 is 9.64 Å². The number of carbonyl (C=O) groups excluding carboxylic acids is 1. The lowest BCUT2D eigenvalue weighted by Gasteiger charge is -2.23. The van der Waals surface area contributed by atoms with E-state index in [-0.39, 0.29) is 5.97 Å². The van der Waals surface area contributed by atoms with Crippen molar-refractivity contribution >= 4 is 11.7 Å². The van der Waals surface area contributed by atoms with Crippen molar-refractivity contribution in [3.8, 4) is 0 Å². The zero-order valence-corrected chi connectivity index (χ0v) is 11.6. The molecular formula is C15H21NO2. The lowest BCUT2D eigenvalue weighted by Crippen LogP contribution is -2.34. The van der Waals surface area contributed by atoms with Crippen LogP contribution in [0.15, 0.2) is 24.3 Å². The maximum Gasteiger partial charge on any atom is 0.326 e. The molecule has 98 valence electrons. The molecule has 1 aliphatic heterocycles. The summed E-state index contributed by atoms with van der Waals surface area (Å²) in [6.45, 7) is 9.09. The number of para-hydroxylation sites is 1. The Balaban J connectivity index is 2.07. The largest absolute Gasteiger partial charge is 0.459 e. The third-order valence-electron chi connectivity index (χ3n) is 3.04. The Kier molecular flexibility index (Phi) is 3.33. The molecule has 1 aromatic rings. The van der Waals surface area contributed by atoms with Crippen molar-refractivity contribution in [2.45, 2.75) is 39.2 Å². The van der Waals surface area contributed by atoms with E-state index in [1.54, 1.807) is 0 Å². The van der Waals surface area contributed by atoms with Crippen LogP contribution in [-0.2, 0) is 9.53 Å². The third-order valence-corrected chi connectivity index (χ3v) is 3.04. The average Bonchev–Trinajstić information content (AvgIpc) is 2.54.